The first kappa shape index (κ1) is 11.7. The van der Waals surface area contributed by atoms with Crippen molar-refractivity contribution in [2.24, 2.45) is 17.8 Å². The molecule has 2 heteroatoms. The summed E-state index contributed by atoms with van der Waals surface area (Å²) in [7, 11) is 0. The Labute approximate surface area is 111 Å². The summed E-state index contributed by atoms with van der Waals surface area (Å²) in [5.74, 6) is 3.04. The van der Waals surface area contributed by atoms with Gasteiger partial charge in [-0.3, -0.25) is 0 Å². The fourth-order valence-electron chi connectivity index (χ4n) is 4.57. The zero-order valence-electron chi connectivity index (χ0n) is 11.5. The predicted octanol–water partition coefficient (Wildman–Crippen LogP) is 2.69. The van der Waals surface area contributed by atoms with Crippen LogP contribution in [-0.4, -0.2) is 24.7 Å². The average Bonchev–Trinajstić information content (AvgIpc) is 3.30. The zero-order chi connectivity index (χ0) is 11.9. The summed E-state index contributed by atoms with van der Waals surface area (Å²) in [6.45, 7) is 1.27. The van der Waals surface area contributed by atoms with Gasteiger partial charge in [-0.05, 0) is 75.7 Å². The normalized spacial score (nSPS) is 40.8. The van der Waals surface area contributed by atoms with Crippen LogP contribution in [0.2, 0.25) is 0 Å². The minimum atomic E-state index is 0.837. The van der Waals surface area contributed by atoms with Gasteiger partial charge >= 0.3 is 0 Å². The molecule has 0 bridgehead atoms. The van der Waals surface area contributed by atoms with Gasteiger partial charge in [0, 0.05) is 18.1 Å². The van der Waals surface area contributed by atoms with E-state index < -0.39 is 0 Å². The van der Waals surface area contributed by atoms with Gasteiger partial charge in [-0.25, -0.2) is 0 Å². The SMILES string of the molecule is C1CNC(C2CCCC2NC(C2CC2)C2CC2)C1. The van der Waals surface area contributed by atoms with Crippen LogP contribution in [-0.2, 0) is 0 Å². The number of hydrogen-bond acceptors (Lipinski definition) is 2. The molecule has 0 radical (unpaired) electrons. The lowest BCUT2D eigenvalue weighted by atomic mass is 9.92. The molecule has 3 saturated carbocycles. The van der Waals surface area contributed by atoms with E-state index in [9.17, 15) is 0 Å². The van der Waals surface area contributed by atoms with Crippen molar-refractivity contribution >= 4 is 0 Å². The zero-order valence-corrected chi connectivity index (χ0v) is 11.5. The van der Waals surface area contributed by atoms with Crippen LogP contribution in [0.4, 0.5) is 0 Å². The summed E-state index contributed by atoms with van der Waals surface area (Å²) in [6.07, 6.45) is 13.2. The Bertz CT molecular complexity index is 277. The molecule has 4 rings (SSSR count). The first-order valence-corrected chi connectivity index (χ1v) is 8.41. The molecule has 3 unspecified atom stereocenters. The Kier molecular flexibility index (Phi) is 3.12. The van der Waals surface area contributed by atoms with Crippen LogP contribution in [0.1, 0.15) is 57.8 Å². The van der Waals surface area contributed by atoms with Crippen molar-refractivity contribution in [1.82, 2.24) is 10.6 Å². The van der Waals surface area contributed by atoms with E-state index in [2.05, 4.69) is 10.6 Å². The van der Waals surface area contributed by atoms with Gasteiger partial charge in [0.25, 0.3) is 0 Å². The second-order valence-electron chi connectivity index (χ2n) is 7.27. The van der Waals surface area contributed by atoms with E-state index in [1.807, 2.05) is 0 Å². The first-order valence-electron chi connectivity index (χ1n) is 8.41. The molecule has 1 aliphatic heterocycles. The van der Waals surface area contributed by atoms with E-state index in [0.29, 0.717) is 0 Å². The monoisotopic (exact) mass is 248 g/mol. The molecule has 4 aliphatic rings. The van der Waals surface area contributed by atoms with Gasteiger partial charge in [0.15, 0.2) is 0 Å². The standard InChI is InChI=1S/C16H28N2/c1-3-13(14-5-2-10-17-14)15(4-1)18-16(11-6-7-11)12-8-9-12/h11-18H,1-10H2. The average molecular weight is 248 g/mol. The molecule has 1 heterocycles. The Morgan fingerprint density at radius 2 is 1.61 bits per heavy atom. The molecule has 3 aliphatic carbocycles. The molecular formula is C16H28N2. The summed E-state index contributed by atoms with van der Waals surface area (Å²) in [5.41, 5.74) is 0. The van der Waals surface area contributed by atoms with E-state index in [1.54, 1.807) is 0 Å². The van der Waals surface area contributed by atoms with E-state index in [1.165, 1.54) is 64.3 Å². The smallest absolute Gasteiger partial charge is 0.0126 e. The van der Waals surface area contributed by atoms with Gasteiger partial charge in [-0.1, -0.05) is 6.42 Å². The molecular weight excluding hydrogens is 220 g/mol. The predicted molar refractivity (Wildman–Crippen MR) is 74.5 cm³/mol. The Morgan fingerprint density at radius 3 is 2.22 bits per heavy atom. The van der Waals surface area contributed by atoms with E-state index >= 15 is 0 Å². The van der Waals surface area contributed by atoms with Gasteiger partial charge in [-0.15, -0.1) is 0 Å². The molecule has 0 spiro atoms. The molecule has 4 fully saturated rings. The highest BCUT2D eigenvalue weighted by molar-refractivity contribution is 5.01. The molecule has 2 nitrogen and oxygen atoms in total. The first-order chi connectivity index (χ1) is 8.92. The molecule has 18 heavy (non-hydrogen) atoms. The lowest BCUT2D eigenvalue weighted by molar-refractivity contribution is 0.273. The van der Waals surface area contributed by atoms with Crippen molar-refractivity contribution in [2.75, 3.05) is 6.54 Å². The van der Waals surface area contributed by atoms with Gasteiger partial charge < -0.3 is 10.6 Å². The third-order valence-electron chi connectivity index (χ3n) is 5.85. The number of hydrogen-bond donors (Lipinski definition) is 2. The summed E-state index contributed by atoms with van der Waals surface area (Å²) in [4.78, 5) is 0. The maximum Gasteiger partial charge on any atom is 0.0126 e. The minimum Gasteiger partial charge on any atom is -0.314 e. The van der Waals surface area contributed by atoms with Gasteiger partial charge in [0.2, 0.25) is 0 Å². The van der Waals surface area contributed by atoms with E-state index in [4.69, 9.17) is 0 Å². The fraction of sp³-hybridized carbons (Fsp3) is 1.00. The highest BCUT2D eigenvalue weighted by atomic mass is 15.0. The lowest BCUT2D eigenvalue weighted by Crippen LogP contribution is -2.47. The lowest BCUT2D eigenvalue weighted by Gasteiger charge is -2.31. The molecule has 0 aromatic carbocycles. The minimum absolute atomic E-state index is 0.837. The molecule has 3 atom stereocenters. The van der Waals surface area contributed by atoms with Crippen LogP contribution in [0.25, 0.3) is 0 Å². The van der Waals surface area contributed by atoms with E-state index in [0.717, 1.165) is 35.9 Å². The Hall–Kier alpha value is -0.0800. The van der Waals surface area contributed by atoms with E-state index in [-0.39, 0.29) is 0 Å². The third-order valence-corrected chi connectivity index (χ3v) is 5.85. The molecule has 2 N–H and O–H groups in total. The molecule has 0 aromatic rings. The number of rotatable bonds is 5. The summed E-state index contributed by atoms with van der Waals surface area (Å²) in [5, 5.41) is 7.88. The molecule has 0 aromatic heterocycles. The summed E-state index contributed by atoms with van der Waals surface area (Å²) >= 11 is 0. The van der Waals surface area contributed by atoms with Crippen LogP contribution in [0.15, 0.2) is 0 Å². The molecule has 102 valence electrons. The van der Waals surface area contributed by atoms with Crippen LogP contribution < -0.4 is 10.6 Å². The largest absolute Gasteiger partial charge is 0.314 e. The van der Waals surface area contributed by atoms with Crippen LogP contribution in [0, 0.1) is 17.8 Å². The van der Waals surface area contributed by atoms with Crippen molar-refractivity contribution in [3.63, 3.8) is 0 Å². The number of nitrogens with one attached hydrogen (secondary N) is 2. The maximum absolute atomic E-state index is 4.13. The highest BCUT2D eigenvalue weighted by Crippen LogP contribution is 2.45. The molecule has 1 saturated heterocycles. The van der Waals surface area contributed by atoms with Crippen molar-refractivity contribution in [2.45, 2.75) is 75.9 Å². The second kappa shape index (κ2) is 4.79. The van der Waals surface area contributed by atoms with Crippen molar-refractivity contribution in [1.29, 1.82) is 0 Å². The third kappa shape index (κ3) is 2.34. The highest BCUT2D eigenvalue weighted by Gasteiger charge is 2.44. The Balaban J connectivity index is 1.39. The summed E-state index contributed by atoms with van der Waals surface area (Å²) in [6, 6.07) is 2.58. The van der Waals surface area contributed by atoms with Crippen molar-refractivity contribution in [3.05, 3.63) is 0 Å². The maximum atomic E-state index is 4.13. The van der Waals surface area contributed by atoms with Gasteiger partial charge in [0.1, 0.15) is 0 Å². The fourth-order valence-corrected chi connectivity index (χ4v) is 4.57. The van der Waals surface area contributed by atoms with Crippen molar-refractivity contribution < 1.29 is 0 Å². The van der Waals surface area contributed by atoms with Gasteiger partial charge in [-0.2, -0.15) is 0 Å². The van der Waals surface area contributed by atoms with Crippen LogP contribution >= 0.6 is 0 Å². The second-order valence-corrected chi connectivity index (χ2v) is 7.27. The quantitative estimate of drug-likeness (QED) is 0.781. The Morgan fingerprint density at radius 1 is 0.833 bits per heavy atom. The van der Waals surface area contributed by atoms with Crippen molar-refractivity contribution in [3.8, 4) is 0 Å². The van der Waals surface area contributed by atoms with Crippen LogP contribution in [0.3, 0.4) is 0 Å². The van der Waals surface area contributed by atoms with Gasteiger partial charge in [0.05, 0.1) is 0 Å². The van der Waals surface area contributed by atoms with Crippen LogP contribution in [0.5, 0.6) is 0 Å². The summed E-state index contributed by atoms with van der Waals surface area (Å²) < 4.78 is 0. The topological polar surface area (TPSA) is 24.1 Å². The molecule has 0 amide bonds.